The van der Waals surface area contributed by atoms with Crippen molar-refractivity contribution in [3.05, 3.63) is 34.9 Å². The van der Waals surface area contributed by atoms with Crippen LogP contribution in [0.2, 0.25) is 5.02 Å². The number of hydrogen-bond acceptors (Lipinski definition) is 1. The fraction of sp³-hybridized carbons (Fsp3) is 0.500. The molecule has 0 bridgehead atoms. The van der Waals surface area contributed by atoms with Gasteiger partial charge in [0, 0.05) is 16.9 Å². The monoisotopic (exact) mass is 245 g/mol. The minimum absolute atomic E-state index is 0.254. The van der Waals surface area contributed by atoms with Crippen LogP contribution in [0.1, 0.15) is 25.8 Å². The lowest BCUT2D eigenvalue weighted by molar-refractivity contribution is 0.0696. The van der Waals surface area contributed by atoms with E-state index in [-0.39, 0.29) is 6.42 Å². The Balaban J connectivity index is 2.37. The molecule has 1 fully saturated rings. The van der Waals surface area contributed by atoms with Gasteiger partial charge in [0.2, 0.25) is 0 Å². The maximum atomic E-state index is 13.3. The van der Waals surface area contributed by atoms with Gasteiger partial charge >= 0.3 is 0 Å². The van der Waals surface area contributed by atoms with Crippen LogP contribution in [-0.4, -0.2) is 11.5 Å². The molecule has 16 heavy (non-hydrogen) atoms. The van der Waals surface area contributed by atoms with Crippen molar-refractivity contribution < 1.29 is 8.78 Å². The zero-order valence-electron chi connectivity index (χ0n) is 9.23. The van der Waals surface area contributed by atoms with E-state index in [2.05, 4.69) is 0 Å². The first-order valence-corrected chi connectivity index (χ1v) is 5.51. The summed E-state index contributed by atoms with van der Waals surface area (Å²) in [5.74, 6) is -2.77. The van der Waals surface area contributed by atoms with Crippen LogP contribution >= 0.6 is 11.6 Å². The maximum Gasteiger partial charge on any atom is 0.268 e. The Morgan fingerprint density at radius 1 is 1.25 bits per heavy atom. The van der Waals surface area contributed by atoms with Gasteiger partial charge in [-0.15, -0.1) is 0 Å². The first kappa shape index (κ1) is 11.8. The molecule has 1 unspecified atom stereocenters. The fourth-order valence-electron chi connectivity index (χ4n) is 2.11. The van der Waals surface area contributed by atoms with Crippen molar-refractivity contribution in [2.75, 3.05) is 0 Å². The quantitative estimate of drug-likeness (QED) is 0.850. The summed E-state index contributed by atoms with van der Waals surface area (Å²) in [6.07, 6.45) is -0.254. The standard InChI is InChI=1S/C12H14ClF2N/c1-10(2,11(16)7-12(11,14)15)8-3-5-9(13)6-4-8/h3-6H,7,16H2,1-2H3. The minimum atomic E-state index is -2.77. The Hall–Kier alpha value is -0.670. The van der Waals surface area contributed by atoms with Gasteiger partial charge in [-0.25, -0.2) is 8.78 Å². The molecule has 1 aliphatic carbocycles. The predicted molar refractivity (Wildman–Crippen MR) is 61.0 cm³/mol. The summed E-state index contributed by atoms with van der Waals surface area (Å²) in [6.45, 7) is 3.49. The Morgan fingerprint density at radius 2 is 1.69 bits per heavy atom. The predicted octanol–water partition coefficient (Wildman–Crippen LogP) is 3.35. The summed E-state index contributed by atoms with van der Waals surface area (Å²) in [7, 11) is 0. The van der Waals surface area contributed by atoms with Gasteiger partial charge in [-0.1, -0.05) is 37.6 Å². The van der Waals surface area contributed by atoms with E-state index in [1.807, 2.05) is 0 Å². The summed E-state index contributed by atoms with van der Waals surface area (Å²) in [4.78, 5) is 0. The molecule has 0 saturated heterocycles. The third kappa shape index (κ3) is 1.45. The first-order valence-electron chi connectivity index (χ1n) is 5.13. The van der Waals surface area contributed by atoms with Crippen molar-refractivity contribution in [1.29, 1.82) is 0 Å². The smallest absolute Gasteiger partial charge is 0.268 e. The van der Waals surface area contributed by atoms with Crippen molar-refractivity contribution in [2.24, 2.45) is 5.73 Å². The molecule has 1 saturated carbocycles. The van der Waals surface area contributed by atoms with Gasteiger partial charge in [0.1, 0.15) is 0 Å². The average Bonchev–Trinajstić information content (AvgIpc) is 2.68. The van der Waals surface area contributed by atoms with Gasteiger partial charge in [0.05, 0.1) is 5.54 Å². The summed E-state index contributed by atoms with van der Waals surface area (Å²) < 4.78 is 26.6. The molecule has 0 radical (unpaired) electrons. The number of benzene rings is 1. The van der Waals surface area contributed by atoms with Crippen molar-refractivity contribution >= 4 is 11.6 Å². The molecule has 1 nitrogen and oxygen atoms in total. The second-order valence-corrected chi connectivity index (χ2v) is 5.42. The zero-order chi connectivity index (χ0) is 12.2. The van der Waals surface area contributed by atoms with Crippen LogP contribution in [0.25, 0.3) is 0 Å². The van der Waals surface area contributed by atoms with E-state index in [1.165, 1.54) is 0 Å². The molecular formula is C12H14ClF2N. The molecule has 1 atom stereocenters. The second-order valence-electron chi connectivity index (χ2n) is 4.98. The van der Waals surface area contributed by atoms with E-state index >= 15 is 0 Å². The van der Waals surface area contributed by atoms with Gasteiger partial charge in [-0.2, -0.15) is 0 Å². The van der Waals surface area contributed by atoms with E-state index in [4.69, 9.17) is 17.3 Å². The van der Waals surface area contributed by atoms with Crippen LogP contribution in [0, 0.1) is 0 Å². The number of hydrogen-bond donors (Lipinski definition) is 1. The molecule has 88 valence electrons. The van der Waals surface area contributed by atoms with Gasteiger partial charge in [-0.3, -0.25) is 0 Å². The largest absolute Gasteiger partial charge is 0.319 e. The van der Waals surface area contributed by atoms with Crippen LogP contribution in [0.5, 0.6) is 0 Å². The Labute approximate surface area is 98.6 Å². The highest BCUT2D eigenvalue weighted by Gasteiger charge is 2.75. The number of rotatable bonds is 2. The third-order valence-corrected chi connectivity index (χ3v) is 3.96. The first-order chi connectivity index (χ1) is 7.21. The summed E-state index contributed by atoms with van der Waals surface area (Å²) in [6, 6.07) is 6.90. The van der Waals surface area contributed by atoms with Crippen LogP contribution in [0.4, 0.5) is 8.78 Å². The van der Waals surface area contributed by atoms with E-state index in [1.54, 1.807) is 38.1 Å². The number of alkyl halides is 2. The van der Waals surface area contributed by atoms with Crippen LogP contribution in [0.15, 0.2) is 24.3 Å². The van der Waals surface area contributed by atoms with Gasteiger partial charge in [0.25, 0.3) is 5.92 Å². The molecule has 0 spiro atoms. The second kappa shape index (κ2) is 3.17. The van der Waals surface area contributed by atoms with Crippen LogP contribution in [-0.2, 0) is 5.41 Å². The Kier molecular flexibility index (Phi) is 2.34. The fourth-order valence-corrected chi connectivity index (χ4v) is 2.23. The van der Waals surface area contributed by atoms with Crippen molar-refractivity contribution in [2.45, 2.75) is 37.1 Å². The van der Waals surface area contributed by atoms with E-state index < -0.39 is 16.9 Å². The van der Waals surface area contributed by atoms with Gasteiger partial charge in [0.15, 0.2) is 0 Å². The molecule has 4 heteroatoms. The highest BCUT2D eigenvalue weighted by molar-refractivity contribution is 6.30. The van der Waals surface area contributed by atoms with Crippen molar-refractivity contribution in [3.63, 3.8) is 0 Å². The van der Waals surface area contributed by atoms with Crippen LogP contribution < -0.4 is 5.73 Å². The Morgan fingerprint density at radius 3 is 2.06 bits per heavy atom. The zero-order valence-corrected chi connectivity index (χ0v) is 9.98. The van der Waals surface area contributed by atoms with E-state index in [0.29, 0.717) is 5.02 Å². The average molecular weight is 246 g/mol. The summed E-state index contributed by atoms with van der Waals surface area (Å²) >= 11 is 5.77. The molecule has 1 aromatic rings. The molecule has 2 rings (SSSR count). The minimum Gasteiger partial charge on any atom is -0.319 e. The molecular weight excluding hydrogens is 232 g/mol. The Bertz CT molecular complexity index is 414. The van der Waals surface area contributed by atoms with Crippen molar-refractivity contribution in [1.82, 2.24) is 0 Å². The molecule has 0 amide bonds. The maximum absolute atomic E-state index is 13.3. The topological polar surface area (TPSA) is 26.0 Å². The summed E-state index contributed by atoms with van der Waals surface area (Å²) in [5, 5.41) is 0.591. The van der Waals surface area contributed by atoms with E-state index in [9.17, 15) is 8.78 Å². The lowest BCUT2D eigenvalue weighted by Crippen LogP contribution is -2.48. The third-order valence-electron chi connectivity index (χ3n) is 3.71. The molecule has 0 aromatic heterocycles. The lowest BCUT2D eigenvalue weighted by atomic mass is 9.75. The number of nitrogens with two attached hydrogens (primary N) is 1. The lowest BCUT2D eigenvalue weighted by Gasteiger charge is -2.32. The summed E-state index contributed by atoms with van der Waals surface area (Å²) in [5.41, 5.74) is 4.38. The molecule has 1 aromatic carbocycles. The SMILES string of the molecule is CC(C)(c1ccc(Cl)cc1)C1(N)CC1(F)F. The highest BCUT2D eigenvalue weighted by atomic mass is 35.5. The molecule has 0 heterocycles. The number of halogens is 3. The molecule has 0 aliphatic heterocycles. The van der Waals surface area contributed by atoms with Crippen molar-refractivity contribution in [3.8, 4) is 0 Å². The van der Waals surface area contributed by atoms with Gasteiger partial charge in [-0.05, 0) is 17.7 Å². The molecule has 1 aliphatic rings. The van der Waals surface area contributed by atoms with E-state index in [0.717, 1.165) is 5.56 Å². The van der Waals surface area contributed by atoms with Gasteiger partial charge < -0.3 is 5.73 Å². The highest BCUT2D eigenvalue weighted by Crippen LogP contribution is 2.60. The van der Waals surface area contributed by atoms with Crippen LogP contribution in [0.3, 0.4) is 0 Å². The molecule has 2 N–H and O–H groups in total. The normalized spacial score (nSPS) is 27.9.